The van der Waals surface area contributed by atoms with E-state index in [1.807, 2.05) is 49.1 Å². The van der Waals surface area contributed by atoms with Crippen molar-refractivity contribution in [1.82, 2.24) is 4.90 Å². The van der Waals surface area contributed by atoms with E-state index in [0.29, 0.717) is 6.54 Å². The van der Waals surface area contributed by atoms with Crippen molar-refractivity contribution >= 4 is 11.9 Å². The molecule has 118 valence electrons. The summed E-state index contributed by atoms with van der Waals surface area (Å²) in [6, 6.07) is 9.94. The van der Waals surface area contributed by atoms with Gasteiger partial charge in [0.1, 0.15) is 0 Å². The second kappa shape index (κ2) is 5.11. The first-order valence-corrected chi connectivity index (χ1v) is 7.91. The zero-order chi connectivity index (χ0) is 16.0. The summed E-state index contributed by atoms with van der Waals surface area (Å²) in [5, 5.41) is 0. The second-order valence-electron chi connectivity index (χ2n) is 6.78. The van der Waals surface area contributed by atoms with Gasteiger partial charge < -0.3 is 9.64 Å². The lowest BCUT2D eigenvalue weighted by Gasteiger charge is -2.31. The first-order valence-electron chi connectivity index (χ1n) is 7.91. The molecule has 4 nitrogen and oxygen atoms in total. The van der Waals surface area contributed by atoms with E-state index in [2.05, 4.69) is 0 Å². The van der Waals surface area contributed by atoms with E-state index >= 15 is 0 Å². The summed E-state index contributed by atoms with van der Waals surface area (Å²) in [7, 11) is 1.42. The smallest absolute Gasteiger partial charge is 0.314 e. The number of amides is 1. The lowest BCUT2D eigenvalue weighted by molar-refractivity contribution is -0.158. The normalized spacial score (nSPS) is 32.0. The third-order valence-corrected chi connectivity index (χ3v) is 5.84. The van der Waals surface area contributed by atoms with Gasteiger partial charge in [-0.3, -0.25) is 9.59 Å². The van der Waals surface area contributed by atoms with Crippen LogP contribution in [0.2, 0.25) is 0 Å². The van der Waals surface area contributed by atoms with Crippen LogP contribution in [0.1, 0.15) is 44.7 Å². The van der Waals surface area contributed by atoms with Crippen molar-refractivity contribution in [3.05, 3.63) is 35.9 Å². The highest BCUT2D eigenvalue weighted by Crippen LogP contribution is 2.60. The van der Waals surface area contributed by atoms with Gasteiger partial charge in [-0.2, -0.15) is 0 Å². The van der Waals surface area contributed by atoms with Crippen LogP contribution >= 0.6 is 0 Å². The number of benzene rings is 1. The summed E-state index contributed by atoms with van der Waals surface area (Å²) in [6.07, 6.45) is 2.41. The number of likely N-dealkylation sites (tertiary alicyclic amines) is 1. The van der Waals surface area contributed by atoms with Gasteiger partial charge in [-0.15, -0.1) is 0 Å². The molecule has 3 atom stereocenters. The molecule has 0 aromatic heterocycles. The molecule has 1 heterocycles. The van der Waals surface area contributed by atoms with Crippen LogP contribution in [0.25, 0.3) is 0 Å². The minimum Gasteiger partial charge on any atom is -0.469 e. The van der Waals surface area contributed by atoms with Crippen LogP contribution in [-0.2, 0) is 14.3 Å². The fraction of sp³-hybridized carbons (Fsp3) is 0.556. The van der Waals surface area contributed by atoms with Crippen molar-refractivity contribution < 1.29 is 14.3 Å². The molecule has 1 saturated heterocycles. The van der Waals surface area contributed by atoms with Gasteiger partial charge in [-0.1, -0.05) is 36.8 Å². The highest BCUT2D eigenvalue weighted by Gasteiger charge is 2.68. The minimum absolute atomic E-state index is 0.0299. The lowest BCUT2D eigenvalue weighted by atomic mass is 9.69. The molecule has 0 radical (unpaired) electrons. The van der Waals surface area contributed by atoms with E-state index in [4.69, 9.17) is 4.74 Å². The Bertz CT molecular complexity index is 600. The summed E-state index contributed by atoms with van der Waals surface area (Å²) in [4.78, 5) is 27.4. The predicted octanol–water partition coefficient (Wildman–Crippen LogP) is 2.94. The number of hydrogen-bond donors (Lipinski definition) is 0. The lowest BCUT2D eigenvalue weighted by Crippen LogP contribution is -2.43. The van der Waals surface area contributed by atoms with E-state index in [-0.39, 0.29) is 17.9 Å². The van der Waals surface area contributed by atoms with Gasteiger partial charge in [0.2, 0.25) is 5.91 Å². The Morgan fingerprint density at radius 3 is 2.59 bits per heavy atom. The molecule has 1 unspecified atom stereocenters. The van der Waals surface area contributed by atoms with Gasteiger partial charge in [-0.05, 0) is 32.3 Å². The van der Waals surface area contributed by atoms with Gasteiger partial charge in [0, 0.05) is 6.54 Å². The maximum Gasteiger partial charge on any atom is 0.314 e. The third-order valence-electron chi connectivity index (χ3n) is 5.84. The molecule has 1 aliphatic carbocycles. The number of carbonyl (C=O) groups is 2. The monoisotopic (exact) mass is 301 g/mol. The van der Waals surface area contributed by atoms with Crippen molar-refractivity contribution in [2.75, 3.05) is 13.7 Å². The Labute approximate surface area is 131 Å². The van der Waals surface area contributed by atoms with E-state index < -0.39 is 10.8 Å². The van der Waals surface area contributed by atoms with Crippen LogP contribution in [0.15, 0.2) is 30.3 Å². The maximum atomic E-state index is 13.1. The number of esters is 1. The Kier molecular flexibility index (Phi) is 3.50. The van der Waals surface area contributed by atoms with E-state index in [0.717, 1.165) is 24.8 Å². The molecule has 1 saturated carbocycles. The fourth-order valence-electron chi connectivity index (χ4n) is 4.32. The van der Waals surface area contributed by atoms with Crippen molar-refractivity contribution in [3.63, 3.8) is 0 Å². The Hall–Kier alpha value is -1.84. The van der Waals surface area contributed by atoms with Crippen LogP contribution in [0.4, 0.5) is 0 Å². The maximum absolute atomic E-state index is 13.1. The number of ether oxygens (including phenoxy) is 1. The summed E-state index contributed by atoms with van der Waals surface area (Å²) in [6.45, 7) is 4.44. The van der Waals surface area contributed by atoms with Crippen LogP contribution in [-0.4, -0.2) is 30.4 Å². The SMILES string of the molecule is COC(=O)C12CCC[C@@]1(C)C(=O)N([C@H](C)c1ccccc1)C2. The topological polar surface area (TPSA) is 46.6 Å². The quantitative estimate of drug-likeness (QED) is 0.806. The summed E-state index contributed by atoms with van der Waals surface area (Å²) < 4.78 is 5.07. The molecule has 4 heteroatoms. The predicted molar refractivity (Wildman–Crippen MR) is 83.0 cm³/mol. The van der Waals surface area contributed by atoms with Gasteiger partial charge in [0.05, 0.1) is 24.0 Å². The van der Waals surface area contributed by atoms with Gasteiger partial charge in [0.25, 0.3) is 0 Å². The molecule has 2 fully saturated rings. The molecule has 1 aromatic carbocycles. The largest absolute Gasteiger partial charge is 0.469 e. The van der Waals surface area contributed by atoms with Crippen molar-refractivity contribution in [3.8, 4) is 0 Å². The molecular weight excluding hydrogens is 278 g/mol. The average Bonchev–Trinajstić information content (AvgIpc) is 2.99. The number of rotatable bonds is 3. The summed E-state index contributed by atoms with van der Waals surface area (Å²) >= 11 is 0. The number of nitrogens with zero attached hydrogens (tertiary/aromatic N) is 1. The second-order valence-corrected chi connectivity index (χ2v) is 6.78. The first-order chi connectivity index (χ1) is 10.5. The van der Waals surface area contributed by atoms with Gasteiger partial charge in [0.15, 0.2) is 0 Å². The highest BCUT2D eigenvalue weighted by atomic mass is 16.5. The highest BCUT2D eigenvalue weighted by molar-refractivity contribution is 5.95. The number of carbonyl (C=O) groups excluding carboxylic acids is 2. The average molecular weight is 301 g/mol. The standard InChI is InChI=1S/C18H23NO3/c1-13(14-8-5-4-6-9-14)19-12-18(16(21)22-3)11-7-10-17(18,2)15(19)20/h4-6,8-9,13H,7,10-12H2,1-3H3/t13-,17+,18?/m1/s1. The van der Waals surface area contributed by atoms with Crippen LogP contribution in [0.3, 0.4) is 0 Å². The minimum atomic E-state index is -0.679. The van der Waals surface area contributed by atoms with Crippen molar-refractivity contribution in [2.45, 2.75) is 39.2 Å². The van der Waals surface area contributed by atoms with E-state index in [1.54, 1.807) is 0 Å². The first kappa shape index (κ1) is 15.1. The fourth-order valence-corrected chi connectivity index (χ4v) is 4.32. The van der Waals surface area contributed by atoms with Crippen LogP contribution in [0, 0.1) is 10.8 Å². The van der Waals surface area contributed by atoms with Crippen molar-refractivity contribution in [1.29, 1.82) is 0 Å². The number of hydrogen-bond acceptors (Lipinski definition) is 3. The molecule has 1 aliphatic heterocycles. The Morgan fingerprint density at radius 2 is 1.95 bits per heavy atom. The zero-order valence-electron chi connectivity index (χ0n) is 13.5. The number of methoxy groups -OCH3 is 1. The Morgan fingerprint density at radius 1 is 1.27 bits per heavy atom. The van der Waals surface area contributed by atoms with Crippen molar-refractivity contribution in [2.24, 2.45) is 10.8 Å². The van der Waals surface area contributed by atoms with Crippen LogP contribution in [0.5, 0.6) is 0 Å². The molecule has 2 aliphatic rings. The van der Waals surface area contributed by atoms with Gasteiger partial charge in [-0.25, -0.2) is 0 Å². The molecule has 0 spiro atoms. The molecule has 0 N–H and O–H groups in total. The van der Waals surface area contributed by atoms with Gasteiger partial charge >= 0.3 is 5.97 Å². The zero-order valence-corrected chi connectivity index (χ0v) is 13.5. The Balaban J connectivity index is 1.97. The molecule has 22 heavy (non-hydrogen) atoms. The molecular formula is C18H23NO3. The summed E-state index contributed by atoms with van der Waals surface area (Å²) in [5.41, 5.74) is -0.204. The van der Waals surface area contributed by atoms with E-state index in [9.17, 15) is 9.59 Å². The summed E-state index contributed by atoms with van der Waals surface area (Å²) in [5.74, 6) is -0.143. The number of fused-ring (bicyclic) bond motifs is 1. The molecule has 3 rings (SSSR count). The van der Waals surface area contributed by atoms with E-state index in [1.165, 1.54) is 7.11 Å². The van der Waals surface area contributed by atoms with Crippen LogP contribution < -0.4 is 0 Å². The molecule has 1 aromatic rings. The molecule has 0 bridgehead atoms. The third kappa shape index (κ3) is 1.82. The molecule has 1 amide bonds.